The van der Waals surface area contributed by atoms with Crippen molar-refractivity contribution >= 4 is 28.7 Å². The highest BCUT2D eigenvalue weighted by Crippen LogP contribution is 2.31. The van der Waals surface area contributed by atoms with Crippen LogP contribution in [-0.2, 0) is 11.8 Å². The molecular weight excluding hydrogens is 334 g/mol. The standard InChI is InChI=1S/C19H19N3O2S/c1-22-16-8-4-3-7-15(16)21-19(22)25-12-18(23)20-14-10-11-24-17-9-5-2-6-13(14)17/h2-9,14H,10-12H2,1H3,(H,20,23)/t14-/m0/s1. The molecule has 5 nitrogen and oxygen atoms in total. The molecule has 3 aromatic rings. The van der Waals surface area contributed by atoms with Crippen molar-refractivity contribution < 1.29 is 9.53 Å². The molecule has 128 valence electrons. The lowest BCUT2D eigenvalue weighted by atomic mass is 10.0. The Morgan fingerprint density at radius 3 is 2.96 bits per heavy atom. The van der Waals surface area contributed by atoms with E-state index in [1.807, 2.05) is 60.1 Å². The number of aryl methyl sites for hydroxylation is 1. The summed E-state index contributed by atoms with van der Waals surface area (Å²) in [5.41, 5.74) is 3.07. The molecule has 1 aliphatic heterocycles. The van der Waals surface area contributed by atoms with Crippen molar-refractivity contribution in [3.8, 4) is 5.75 Å². The fourth-order valence-corrected chi connectivity index (χ4v) is 3.91. The Balaban J connectivity index is 1.42. The highest BCUT2D eigenvalue weighted by Gasteiger charge is 2.22. The van der Waals surface area contributed by atoms with Gasteiger partial charge in [-0.2, -0.15) is 0 Å². The monoisotopic (exact) mass is 353 g/mol. The lowest BCUT2D eigenvalue weighted by Gasteiger charge is -2.26. The van der Waals surface area contributed by atoms with E-state index in [9.17, 15) is 4.79 Å². The van der Waals surface area contributed by atoms with E-state index in [1.54, 1.807) is 0 Å². The van der Waals surface area contributed by atoms with Crippen LogP contribution in [0.2, 0.25) is 0 Å². The summed E-state index contributed by atoms with van der Waals surface area (Å²) in [6.07, 6.45) is 0.791. The normalized spacial score (nSPS) is 16.3. The summed E-state index contributed by atoms with van der Waals surface area (Å²) in [6, 6.07) is 15.9. The summed E-state index contributed by atoms with van der Waals surface area (Å²) in [5, 5.41) is 3.97. The van der Waals surface area contributed by atoms with E-state index in [-0.39, 0.29) is 11.9 Å². The number of carbonyl (C=O) groups is 1. The first-order valence-electron chi connectivity index (χ1n) is 8.28. The Hall–Kier alpha value is -2.47. The molecule has 1 aliphatic rings. The minimum absolute atomic E-state index is 0.0125. The number of amides is 1. The molecule has 2 heterocycles. The second-order valence-corrected chi connectivity index (χ2v) is 6.97. The number of hydrogen-bond donors (Lipinski definition) is 1. The topological polar surface area (TPSA) is 56.2 Å². The van der Waals surface area contributed by atoms with Crippen molar-refractivity contribution in [3.63, 3.8) is 0 Å². The van der Waals surface area contributed by atoms with E-state index in [4.69, 9.17) is 4.74 Å². The minimum Gasteiger partial charge on any atom is -0.493 e. The number of nitrogens with zero attached hydrogens (tertiary/aromatic N) is 2. The molecule has 1 atom stereocenters. The van der Waals surface area contributed by atoms with Gasteiger partial charge in [-0.1, -0.05) is 42.1 Å². The van der Waals surface area contributed by atoms with Crippen LogP contribution in [0, 0.1) is 0 Å². The number of fused-ring (bicyclic) bond motifs is 2. The lowest BCUT2D eigenvalue weighted by molar-refractivity contribution is -0.119. The van der Waals surface area contributed by atoms with Crippen LogP contribution in [-0.4, -0.2) is 27.8 Å². The summed E-state index contributed by atoms with van der Waals surface area (Å²) in [7, 11) is 1.98. The number of ether oxygens (including phenoxy) is 1. The summed E-state index contributed by atoms with van der Waals surface area (Å²) in [6.45, 7) is 0.625. The SMILES string of the molecule is Cn1c(SCC(=O)N[C@H]2CCOc3ccccc32)nc2ccccc21. The number of imidazole rings is 1. The maximum absolute atomic E-state index is 12.4. The molecule has 0 spiro atoms. The third-order valence-corrected chi connectivity index (χ3v) is 5.40. The first-order valence-corrected chi connectivity index (χ1v) is 9.26. The van der Waals surface area contributed by atoms with Gasteiger partial charge in [0.25, 0.3) is 0 Å². The van der Waals surface area contributed by atoms with E-state index in [1.165, 1.54) is 11.8 Å². The van der Waals surface area contributed by atoms with Crippen molar-refractivity contribution in [1.29, 1.82) is 0 Å². The average molecular weight is 353 g/mol. The molecule has 1 amide bonds. The van der Waals surface area contributed by atoms with Gasteiger partial charge in [-0.15, -0.1) is 0 Å². The molecule has 0 saturated heterocycles. The molecule has 0 unspecified atom stereocenters. The summed E-state index contributed by atoms with van der Waals surface area (Å²) in [4.78, 5) is 17.0. The largest absolute Gasteiger partial charge is 0.493 e. The van der Waals surface area contributed by atoms with Gasteiger partial charge < -0.3 is 14.6 Å². The molecule has 0 fully saturated rings. The minimum atomic E-state index is 0.0125. The Labute approximate surface area is 150 Å². The number of rotatable bonds is 4. The van der Waals surface area contributed by atoms with Crippen LogP contribution in [0.1, 0.15) is 18.0 Å². The molecular formula is C19H19N3O2S. The van der Waals surface area contributed by atoms with Gasteiger partial charge in [-0.05, 0) is 18.2 Å². The van der Waals surface area contributed by atoms with Gasteiger partial charge >= 0.3 is 0 Å². The van der Waals surface area contributed by atoms with E-state index in [2.05, 4.69) is 10.3 Å². The molecule has 2 aromatic carbocycles. The van der Waals surface area contributed by atoms with Crippen LogP contribution in [0.25, 0.3) is 11.0 Å². The van der Waals surface area contributed by atoms with E-state index < -0.39 is 0 Å². The molecule has 4 rings (SSSR count). The van der Waals surface area contributed by atoms with Crippen LogP contribution in [0.4, 0.5) is 0 Å². The van der Waals surface area contributed by atoms with E-state index in [0.29, 0.717) is 12.4 Å². The molecule has 0 aliphatic carbocycles. The van der Waals surface area contributed by atoms with Crippen LogP contribution in [0.15, 0.2) is 53.7 Å². The number of carbonyl (C=O) groups excluding carboxylic acids is 1. The molecule has 0 saturated carbocycles. The third kappa shape index (κ3) is 3.22. The first kappa shape index (κ1) is 16.0. The zero-order valence-electron chi connectivity index (χ0n) is 13.9. The third-order valence-electron chi connectivity index (χ3n) is 4.37. The molecule has 25 heavy (non-hydrogen) atoms. The number of hydrogen-bond acceptors (Lipinski definition) is 4. The second kappa shape index (κ2) is 6.80. The Morgan fingerprint density at radius 2 is 2.08 bits per heavy atom. The van der Waals surface area contributed by atoms with Crippen molar-refractivity contribution in [2.45, 2.75) is 17.6 Å². The maximum Gasteiger partial charge on any atom is 0.230 e. The van der Waals surface area contributed by atoms with Crippen LogP contribution in [0.5, 0.6) is 5.75 Å². The number of benzene rings is 2. The summed E-state index contributed by atoms with van der Waals surface area (Å²) < 4.78 is 7.67. The average Bonchev–Trinajstić information content (AvgIpc) is 2.97. The van der Waals surface area contributed by atoms with Gasteiger partial charge in [-0.25, -0.2) is 4.98 Å². The first-order chi connectivity index (χ1) is 12.2. The quantitative estimate of drug-likeness (QED) is 0.731. The fraction of sp³-hybridized carbons (Fsp3) is 0.263. The highest BCUT2D eigenvalue weighted by atomic mass is 32.2. The number of nitrogens with one attached hydrogen (secondary N) is 1. The van der Waals surface area contributed by atoms with E-state index in [0.717, 1.165) is 33.9 Å². The van der Waals surface area contributed by atoms with Gasteiger partial charge in [0.1, 0.15) is 5.75 Å². The summed E-state index contributed by atoms with van der Waals surface area (Å²) in [5.74, 6) is 1.22. The smallest absolute Gasteiger partial charge is 0.230 e. The van der Waals surface area contributed by atoms with Crippen LogP contribution < -0.4 is 10.1 Å². The van der Waals surface area contributed by atoms with Crippen molar-refractivity contribution in [3.05, 3.63) is 54.1 Å². The highest BCUT2D eigenvalue weighted by molar-refractivity contribution is 7.99. The van der Waals surface area contributed by atoms with Gasteiger partial charge in [0.15, 0.2) is 5.16 Å². The number of aromatic nitrogens is 2. The van der Waals surface area contributed by atoms with Gasteiger partial charge in [0.05, 0.1) is 29.4 Å². The predicted molar refractivity (Wildman–Crippen MR) is 98.9 cm³/mol. The Kier molecular flexibility index (Phi) is 4.36. The molecule has 1 aromatic heterocycles. The van der Waals surface area contributed by atoms with Gasteiger partial charge in [0, 0.05) is 19.0 Å². The fourth-order valence-electron chi connectivity index (χ4n) is 3.11. The molecule has 0 bridgehead atoms. The molecule has 6 heteroatoms. The van der Waals surface area contributed by atoms with Gasteiger partial charge in [-0.3, -0.25) is 4.79 Å². The van der Waals surface area contributed by atoms with Crippen LogP contribution in [0.3, 0.4) is 0 Å². The second-order valence-electron chi connectivity index (χ2n) is 6.03. The Morgan fingerprint density at radius 1 is 1.28 bits per heavy atom. The zero-order valence-corrected chi connectivity index (χ0v) is 14.8. The van der Waals surface area contributed by atoms with Gasteiger partial charge in [0.2, 0.25) is 5.91 Å². The lowest BCUT2D eigenvalue weighted by Crippen LogP contribution is -2.33. The summed E-state index contributed by atoms with van der Waals surface area (Å²) >= 11 is 1.46. The maximum atomic E-state index is 12.4. The molecule has 0 radical (unpaired) electrons. The number of para-hydroxylation sites is 3. The van der Waals surface area contributed by atoms with Crippen LogP contribution >= 0.6 is 11.8 Å². The number of thioether (sulfide) groups is 1. The Bertz CT molecular complexity index is 922. The van der Waals surface area contributed by atoms with Crippen molar-refractivity contribution in [2.24, 2.45) is 7.05 Å². The molecule has 1 N–H and O–H groups in total. The van der Waals surface area contributed by atoms with Crippen molar-refractivity contribution in [2.75, 3.05) is 12.4 Å². The van der Waals surface area contributed by atoms with Crippen molar-refractivity contribution in [1.82, 2.24) is 14.9 Å². The predicted octanol–water partition coefficient (Wildman–Crippen LogP) is 3.31. The zero-order chi connectivity index (χ0) is 17.2. The van der Waals surface area contributed by atoms with E-state index >= 15 is 0 Å².